The van der Waals surface area contributed by atoms with E-state index in [1.165, 1.54) is 11.3 Å². The normalized spacial score (nSPS) is 17.0. The Balaban J connectivity index is 1.81. The minimum Gasteiger partial charge on any atom is -0.368 e. The Labute approximate surface area is 182 Å². The smallest absolute Gasteiger partial charge is 0.240 e. The average molecular weight is 430 g/mol. The van der Waals surface area contributed by atoms with Crippen molar-refractivity contribution in [1.29, 1.82) is 0 Å². The molecule has 0 radical (unpaired) electrons. The topological polar surface area (TPSA) is 92.4 Å². The van der Waals surface area contributed by atoms with Crippen LogP contribution in [0.4, 0.5) is 0 Å². The Morgan fingerprint density at radius 1 is 1.37 bits per heavy atom. The molecular formula is C22H31N5O2S. The number of aryl methyl sites for hydroxylation is 1. The molecule has 2 aromatic rings. The zero-order valence-electron chi connectivity index (χ0n) is 18.4. The van der Waals surface area contributed by atoms with Gasteiger partial charge < -0.3 is 15.5 Å². The molecule has 2 amide bonds. The molecule has 1 fully saturated rings. The summed E-state index contributed by atoms with van der Waals surface area (Å²) >= 11 is 1.53. The van der Waals surface area contributed by atoms with Crippen molar-refractivity contribution in [3.63, 3.8) is 0 Å². The van der Waals surface area contributed by atoms with Crippen molar-refractivity contribution in [3.05, 3.63) is 34.7 Å². The lowest BCUT2D eigenvalue weighted by molar-refractivity contribution is -0.136. The molecule has 0 aromatic carbocycles. The summed E-state index contributed by atoms with van der Waals surface area (Å²) in [4.78, 5) is 38.4. The third-order valence-electron chi connectivity index (χ3n) is 5.47. The molecule has 0 spiro atoms. The zero-order chi connectivity index (χ0) is 22.1. The first-order chi connectivity index (χ1) is 14.1. The van der Waals surface area contributed by atoms with Gasteiger partial charge in [0.2, 0.25) is 11.8 Å². The molecule has 3 heterocycles. The highest BCUT2D eigenvalue weighted by atomic mass is 32.1. The molecule has 1 saturated heterocycles. The number of primary amides is 1. The number of hydrogen-bond acceptors (Lipinski definition) is 6. The van der Waals surface area contributed by atoms with Crippen molar-refractivity contribution >= 4 is 23.2 Å². The van der Waals surface area contributed by atoms with Gasteiger partial charge in [-0.05, 0) is 51.6 Å². The van der Waals surface area contributed by atoms with E-state index in [1.807, 2.05) is 19.2 Å². The standard InChI is InChI=1S/C22H31N5O2S/c1-14-20(15-8-9-24-17(11-15)22(2,3)13-26(4)5)30-18(25-14)12-19(28)27-10-6-7-16(27)21(23)29/h8-9,11,16H,6-7,10,12-13H2,1-5H3,(H2,23,29)/t16-/m0/s1. The summed E-state index contributed by atoms with van der Waals surface area (Å²) in [5, 5.41) is 0.758. The molecule has 1 atom stereocenters. The lowest BCUT2D eigenvalue weighted by atomic mass is 9.87. The second-order valence-corrected chi connectivity index (χ2v) is 9.98. The van der Waals surface area contributed by atoms with Crippen molar-refractivity contribution < 1.29 is 9.59 Å². The van der Waals surface area contributed by atoms with Crippen LogP contribution in [-0.2, 0) is 21.4 Å². The third kappa shape index (κ3) is 4.87. The highest BCUT2D eigenvalue weighted by Crippen LogP contribution is 2.33. The van der Waals surface area contributed by atoms with E-state index < -0.39 is 11.9 Å². The van der Waals surface area contributed by atoms with Crippen LogP contribution in [0.5, 0.6) is 0 Å². The molecule has 0 saturated carbocycles. The highest BCUT2D eigenvalue weighted by Gasteiger charge is 2.33. The van der Waals surface area contributed by atoms with Crippen LogP contribution in [0.2, 0.25) is 0 Å². The monoisotopic (exact) mass is 429 g/mol. The number of rotatable bonds is 7. The summed E-state index contributed by atoms with van der Waals surface area (Å²) < 4.78 is 0. The summed E-state index contributed by atoms with van der Waals surface area (Å²) in [6, 6.07) is 3.63. The van der Waals surface area contributed by atoms with Gasteiger partial charge in [0, 0.05) is 30.4 Å². The van der Waals surface area contributed by atoms with E-state index in [0.717, 1.165) is 39.8 Å². The minimum absolute atomic E-state index is 0.0841. The number of carbonyl (C=O) groups is 2. The number of pyridine rings is 1. The average Bonchev–Trinajstić information content (AvgIpc) is 3.27. The van der Waals surface area contributed by atoms with Crippen molar-refractivity contribution in [3.8, 4) is 10.4 Å². The predicted octanol–water partition coefficient (Wildman–Crippen LogP) is 2.37. The second kappa shape index (κ2) is 8.81. The first-order valence-corrected chi connectivity index (χ1v) is 11.1. The maximum absolute atomic E-state index is 12.7. The van der Waals surface area contributed by atoms with Crippen LogP contribution in [0.15, 0.2) is 18.3 Å². The number of hydrogen-bond donors (Lipinski definition) is 1. The van der Waals surface area contributed by atoms with Gasteiger partial charge in [0.05, 0.1) is 17.0 Å². The molecule has 3 rings (SSSR count). The third-order valence-corrected chi connectivity index (χ3v) is 6.68. The van der Waals surface area contributed by atoms with Crippen LogP contribution >= 0.6 is 11.3 Å². The van der Waals surface area contributed by atoms with Crippen LogP contribution < -0.4 is 5.73 Å². The van der Waals surface area contributed by atoms with Gasteiger partial charge >= 0.3 is 0 Å². The number of likely N-dealkylation sites (tertiary alicyclic amines) is 1. The summed E-state index contributed by atoms with van der Waals surface area (Å²) in [5.41, 5.74) is 8.36. The van der Waals surface area contributed by atoms with Crippen LogP contribution in [0, 0.1) is 6.92 Å². The molecule has 0 bridgehead atoms. The lowest BCUT2D eigenvalue weighted by Gasteiger charge is -2.28. The van der Waals surface area contributed by atoms with Gasteiger partial charge in [-0.25, -0.2) is 4.98 Å². The van der Waals surface area contributed by atoms with Gasteiger partial charge in [0.25, 0.3) is 0 Å². The number of carbonyl (C=O) groups excluding carboxylic acids is 2. The quantitative estimate of drug-likeness (QED) is 0.729. The van der Waals surface area contributed by atoms with Crippen molar-refractivity contribution in [2.45, 2.75) is 51.5 Å². The predicted molar refractivity (Wildman–Crippen MR) is 119 cm³/mol. The van der Waals surface area contributed by atoms with Gasteiger partial charge in [0.15, 0.2) is 0 Å². The maximum atomic E-state index is 12.7. The zero-order valence-corrected chi connectivity index (χ0v) is 19.3. The largest absolute Gasteiger partial charge is 0.368 e. The molecule has 7 nitrogen and oxygen atoms in total. The number of aromatic nitrogens is 2. The number of nitrogens with zero attached hydrogens (tertiary/aromatic N) is 4. The fourth-order valence-corrected chi connectivity index (χ4v) is 5.25. The molecule has 30 heavy (non-hydrogen) atoms. The Morgan fingerprint density at radius 3 is 2.77 bits per heavy atom. The van der Waals surface area contributed by atoms with Crippen molar-refractivity contribution in [2.24, 2.45) is 5.73 Å². The van der Waals surface area contributed by atoms with E-state index in [9.17, 15) is 9.59 Å². The Bertz CT molecular complexity index is 937. The van der Waals surface area contributed by atoms with Crippen LogP contribution in [0.1, 0.15) is 43.1 Å². The van der Waals surface area contributed by atoms with E-state index in [-0.39, 0.29) is 17.7 Å². The molecular weight excluding hydrogens is 398 g/mol. The summed E-state index contributed by atoms with van der Waals surface area (Å²) in [6.07, 6.45) is 3.49. The number of nitrogens with two attached hydrogens (primary N) is 1. The Morgan fingerprint density at radius 2 is 2.10 bits per heavy atom. The molecule has 0 unspecified atom stereocenters. The maximum Gasteiger partial charge on any atom is 0.240 e. The molecule has 1 aliphatic heterocycles. The van der Waals surface area contributed by atoms with Gasteiger partial charge in [0.1, 0.15) is 11.0 Å². The Kier molecular flexibility index (Phi) is 6.57. The molecule has 0 aliphatic carbocycles. The number of amides is 2. The summed E-state index contributed by atoms with van der Waals surface area (Å²) in [5.74, 6) is -0.513. The van der Waals surface area contributed by atoms with Crippen LogP contribution in [0.25, 0.3) is 10.4 Å². The van der Waals surface area contributed by atoms with Crippen molar-refractivity contribution in [1.82, 2.24) is 19.8 Å². The highest BCUT2D eigenvalue weighted by molar-refractivity contribution is 7.15. The SMILES string of the molecule is Cc1nc(CC(=O)N2CCC[C@H]2C(N)=O)sc1-c1ccnc(C(C)(C)CN(C)C)c1. The molecule has 1 aliphatic rings. The number of thiazole rings is 1. The van der Waals surface area contributed by atoms with Gasteiger partial charge in [-0.1, -0.05) is 13.8 Å². The van der Waals surface area contributed by atoms with Gasteiger partial charge in [-0.3, -0.25) is 14.6 Å². The van der Waals surface area contributed by atoms with E-state index in [0.29, 0.717) is 13.0 Å². The van der Waals surface area contributed by atoms with E-state index >= 15 is 0 Å². The van der Waals surface area contributed by atoms with Crippen molar-refractivity contribution in [2.75, 3.05) is 27.2 Å². The lowest BCUT2D eigenvalue weighted by Crippen LogP contribution is -2.44. The minimum atomic E-state index is -0.486. The summed E-state index contributed by atoms with van der Waals surface area (Å²) in [6.45, 7) is 7.81. The Hall–Kier alpha value is -2.32. The number of likely N-dealkylation sites (N-methyl/N-ethyl adjacent to an activating group) is 1. The van der Waals surface area contributed by atoms with Gasteiger partial charge in [-0.15, -0.1) is 11.3 Å². The molecule has 2 aromatic heterocycles. The van der Waals surface area contributed by atoms with Crippen LogP contribution in [0.3, 0.4) is 0 Å². The summed E-state index contributed by atoms with van der Waals surface area (Å²) in [7, 11) is 4.12. The first-order valence-electron chi connectivity index (χ1n) is 10.2. The van der Waals surface area contributed by atoms with Gasteiger partial charge in [-0.2, -0.15) is 0 Å². The molecule has 8 heteroatoms. The van der Waals surface area contributed by atoms with E-state index in [1.54, 1.807) is 4.90 Å². The first kappa shape index (κ1) is 22.4. The molecule has 162 valence electrons. The van der Waals surface area contributed by atoms with E-state index in [2.05, 4.69) is 48.9 Å². The second-order valence-electron chi connectivity index (χ2n) is 8.90. The molecule has 2 N–H and O–H groups in total. The fourth-order valence-electron chi connectivity index (χ4n) is 4.20. The fraction of sp³-hybridized carbons (Fsp3) is 0.545. The van der Waals surface area contributed by atoms with Crippen LogP contribution in [-0.4, -0.2) is 64.8 Å². The van der Waals surface area contributed by atoms with E-state index in [4.69, 9.17) is 5.73 Å².